The molecule has 0 aliphatic carbocycles. The maximum Gasteiger partial charge on any atom is 0.330 e. The summed E-state index contributed by atoms with van der Waals surface area (Å²) in [4.78, 5) is 20.2. The fourth-order valence-electron chi connectivity index (χ4n) is 4.13. The number of aryl methyl sites for hydroxylation is 2. The fraction of sp³-hybridized carbons (Fsp3) is 0.567. The maximum atomic E-state index is 11.0. The van der Waals surface area contributed by atoms with Gasteiger partial charge < -0.3 is 9.47 Å². The highest BCUT2D eigenvalue weighted by Crippen LogP contribution is 2.18. The number of carbonyl (C=O) groups is 1. The summed E-state index contributed by atoms with van der Waals surface area (Å²) in [6.45, 7) is 8.91. The molecule has 1 aromatic carbocycles. The number of nitrogens with zero attached hydrogens (tertiary/aromatic N) is 2. The van der Waals surface area contributed by atoms with Crippen LogP contribution in [-0.4, -0.2) is 35.3 Å². The van der Waals surface area contributed by atoms with Crippen molar-refractivity contribution >= 4 is 5.97 Å². The largest absolute Gasteiger partial charge is 0.463 e. The maximum absolute atomic E-state index is 11.0. The molecule has 0 radical (unpaired) electrons. The summed E-state index contributed by atoms with van der Waals surface area (Å²) in [5, 5.41) is 0. The minimum Gasteiger partial charge on any atom is -0.463 e. The molecule has 192 valence electrons. The van der Waals surface area contributed by atoms with Gasteiger partial charge in [-0.3, -0.25) is 0 Å². The summed E-state index contributed by atoms with van der Waals surface area (Å²) in [5.41, 5.74) is 3.64. The molecular formula is C30H44N2O3. The van der Waals surface area contributed by atoms with Crippen LogP contribution in [-0.2, 0) is 27.1 Å². The Kier molecular flexibility index (Phi) is 14.6. The van der Waals surface area contributed by atoms with Gasteiger partial charge in [0.25, 0.3) is 0 Å². The number of benzene rings is 1. The Bertz CT molecular complexity index is 834. The molecule has 0 amide bonds. The van der Waals surface area contributed by atoms with Crippen molar-refractivity contribution in [2.24, 2.45) is 0 Å². The van der Waals surface area contributed by atoms with Gasteiger partial charge in [-0.1, -0.05) is 69.4 Å². The van der Waals surface area contributed by atoms with Crippen LogP contribution in [0.2, 0.25) is 0 Å². The molecule has 35 heavy (non-hydrogen) atoms. The van der Waals surface area contributed by atoms with Gasteiger partial charge in [-0.05, 0) is 63.5 Å². The van der Waals surface area contributed by atoms with Crippen LogP contribution in [0, 0.1) is 0 Å². The van der Waals surface area contributed by atoms with Gasteiger partial charge in [-0.25, -0.2) is 14.8 Å². The average Bonchev–Trinajstić information content (AvgIpc) is 2.88. The molecule has 1 unspecified atom stereocenters. The van der Waals surface area contributed by atoms with Crippen molar-refractivity contribution in [3.63, 3.8) is 0 Å². The van der Waals surface area contributed by atoms with Crippen LogP contribution in [0.25, 0.3) is 11.4 Å². The molecule has 1 atom stereocenters. The first kappa shape index (κ1) is 28.7. The highest BCUT2D eigenvalue weighted by Gasteiger charge is 2.04. The number of hydrogen-bond acceptors (Lipinski definition) is 5. The Balaban J connectivity index is 1.59. The fourth-order valence-corrected chi connectivity index (χ4v) is 4.13. The lowest BCUT2D eigenvalue weighted by Crippen LogP contribution is -2.07. The molecule has 0 spiro atoms. The van der Waals surface area contributed by atoms with Gasteiger partial charge in [0.15, 0.2) is 5.82 Å². The third-order valence-electron chi connectivity index (χ3n) is 6.22. The smallest absolute Gasteiger partial charge is 0.330 e. The quantitative estimate of drug-likeness (QED) is 0.120. The number of unbranched alkanes of at least 4 members (excludes halogenated alkanes) is 7. The van der Waals surface area contributed by atoms with Crippen molar-refractivity contribution in [2.45, 2.75) is 97.0 Å². The van der Waals surface area contributed by atoms with E-state index >= 15 is 0 Å². The Hall–Kier alpha value is -2.53. The van der Waals surface area contributed by atoms with E-state index in [4.69, 9.17) is 9.47 Å². The van der Waals surface area contributed by atoms with E-state index in [9.17, 15) is 4.79 Å². The van der Waals surface area contributed by atoms with Crippen LogP contribution in [0.4, 0.5) is 0 Å². The van der Waals surface area contributed by atoms with E-state index in [1.54, 1.807) is 0 Å². The van der Waals surface area contributed by atoms with Gasteiger partial charge in [0.1, 0.15) is 0 Å². The van der Waals surface area contributed by atoms with Crippen molar-refractivity contribution in [1.82, 2.24) is 9.97 Å². The van der Waals surface area contributed by atoms with Crippen LogP contribution in [0.3, 0.4) is 0 Å². The van der Waals surface area contributed by atoms with Gasteiger partial charge in [0.05, 0.1) is 12.7 Å². The van der Waals surface area contributed by atoms with E-state index in [0.717, 1.165) is 56.5 Å². The van der Waals surface area contributed by atoms with Crippen LogP contribution in [0.5, 0.6) is 0 Å². The first-order valence-corrected chi connectivity index (χ1v) is 13.4. The third kappa shape index (κ3) is 12.7. The Morgan fingerprint density at radius 3 is 2.14 bits per heavy atom. The predicted octanol–water partition coefficient (Wildman–Crippen LogP) is 7.28. The molecule has 2 rings (SSSR count). The van der Waals surface area contributed by atoms with Gasteiger partial charge in [-0.2, -0.15) is 0 Å². The molecule has 0 fully saturated rings. The molecule has 1 heterocycles. The van der Waals surface area contributed by atoms with Crippen molar-refractivity contribution in [2.75, 3.05) is 13.2 Å². The van der Waals surface area contributed by atoms with Crippen LogP contribution in [0.15, 0.2) is 49.3 Å². The van der Waals surface area contributed by atoms with E-state index in [2.05, 4.69) is 54.7 Å². The van der Waals surface area contributed by atoms with E-state index in [-0.39, 0.29) is 5.97 Å². The summed E-state index contributed by atoms with van der Waals surface area (Å²) in [6, 6.07) is 8.69. The molecule has 0 saturated carbocycles. The lowest BCUT2D eigenvalue weighted by Gasteiger charge is -2.10. The lowest BCUT2D eigenvalue weighted by molar-refractivity contribution is -0.137. The summed E-state index contributed by atoms with van der Waals surface area (Å²) in [5.74, 6) is 0.461. The molecule has 0 N–H and O–H groups in total. The van der Waals surface area contributed by atoms with Crippen molar-refractivity contribution in [1.29, 1.82) is 0 Å². The number of ether oxygens (including phenoxy) is 2. The standard InChI is InChI=1S/C30H44N2O3/c1-4-29(33)35-22-14-9-7-6-8-12-17-27-23-31-30(32-24-27)28-20-18-26(19-21-28)16-13-10-11-15-25(3)34-5-2/h4,18-21,23-25H,1,5-17,22H2,2-3H3. The summed E-state index contributed by atoms with van der Waals surface area (Å²) in [6.07, 6.45) is 19.2. The molecule has 5 heteroatoms. The lowest BCUT2D eigenvalue weighted by atomic mass is 10.0. The number of hydrogen-bond donors (Lipinski definition) is 0. The van der Waals surface area contributed by atoms with Gasteiger partial charge in [0.2, 0.25) is 0 Å². The number of esters is 1. The first-order valence-electron chi connectivity index (χ1n) is 13.4. The minimum atomic E-state index is -0.333. The first-order chi connectivity index (χ1) is 17.1. The normalized spacial score (nSPS) is 11.8. The molecule has 1 aromatic heterocycles. The Morgan fingerprint density at radius 1 is 0.886 bits per heavy atom. The molecular weight excluding hydrogens is 436 g/mol. The highest BCUT2D eigenvalue weighted by molar-refractivity contribution is 5.81. The summed E-state index contributed by atoms with van der Waals surface area (Å²) in [7, 11) is 0. The van der Waals surface area contributed by atoms with Gasteiger partial charge in [0, 0.05) is 30.6 Å². The second-order valence-corrected chi connectivity index (χ2v) is 9.22. The molecule has 0 saturated heterocycles. The Morgan fingerprint density at radius 2 is 1.49 bits per heavy atom. The van der Waals surface area contributed by atoms with Crippen LogP contribution in [0.1, 0.15) is 89.2 Å². The minimum absolute atomic E-state index is 0.333. The van der Waals surface area contributed by atoms with E-state index in [0.29, 0.717) is 12.7 Å². The molecule has 0 bridgehead atoms. The SMILES string of the molecule is C=CC(=O)OCCCCCCCCc1cnc(-c2ccc(CCCCCC(C)OCC)cc2)nc1. The zero-order valence-electron chi connectivity index (χ0n) is 21.8. The number of aromatic nitrogens is 2. The number of rotatable bonds is 19. The zero-order valence-corrected chi connectivity index (χ0v) is 21.8. The second-order valence-electron chi connectivity index (χ2n) is 9.22. The Labute approximate surface area is 212 Å². The van der Waals surface area contributed by atoms with Crippen LogP contribution >= 0.6 is 0 Å². The van der Waals surface area contributed by atoms with Gasteiger partial charge >= 0.3 is 5.97 Å². The summed E-state index contributed by atoms with van der Waals surface area (Å²) >= 11 is 0. The van der Waals surface area contributed by atoms with E-state index in [1.165, 1.54) is 55.7 Å². The van der Waals surface area contributed by atoms with E-state index in [1.807, 2.05) is 12.4 Å². The monoisotopic (exact) mass is 480 g/mol. The molecule has 0 aliphatic rings. The topological polar surface area (TPSA) is 61.3 Å². The van der Waals surface area contributed by atoms with Gasteiger partial charge in [-0.15, -0.1) is 0 Å². The average molecular weight is 481 g/mol. The second kappa shape index (κ2) is 17.8. The highest BCUT2D eigenvalue weighted by atomic mass is 16.5. The van der Waals surface area contributed by atoms with Crippen LogP contribution < -0.4 is 0 Å². The molecule has 5 nitrogen and oxygen atoms in total. The molecule has 2 aromatic rings. The van der Waals surface area contributed by atoms with E-state index < -0.39 is 0 Å². The van der Waals surface area contributed by atoms with Crippen molar-refractivity contribution in [3.05, 3.63) is 60.4 Å². The number of carbonyl (C=O) groups excluding carboxylic acids is 1. The van der Waals surface area contributed by atoms with Crippen molar-refractivity contribution < 1.29 is 14.3 Å². The predicted molar refractivity (Wildman–Crippen MR) is 143 cm³/mol. The van der Waals surface area contributed by atoms with Crippen molar-refractivity contribution in [3.8, 4) is 11.4 Å². The molecule has 0 aliphatic heterocycles. The summed E-state index contributed by atoms with van der Waals surface area (Å²) < 4.78 is 10.6. The third-order valence-corrected chi connectivity index (χ3v) is 6.22. The zero-order chi connectivity index (χ0) is 25.1.